The molecule has 1 N–H and O–H groups in total. The number of rotatable bonds is 9. The first-order valence-electron chi connectivity index (χ1n) is 11.1. The average Bonchev–Trinajstić information content (AvgIpc) is 2.81. The third kappa shape index (κ3) is 4.53. The zero-order valence-corrected chi connectivity index (χ0v) is 18.7. The highest BCUT2D eigenvalue weighted by atomic mass is 16.5. The Morgan fingerprint density at radius 1 is 0.879 bits per heavy atom. The van der Waals surface area contributed by atoms with Gasteiger partial charge in [-0.3, -0.25) is 19.3 Å². The number of nitrogens with one attached hydrogen (secondary N) is 1. The molecular weight excluding hydrogens is 420 g/mol. The van der Waals surface area contributed by atoms with Crippen LogP contribution >= 0.6 is 0 Å². The molecule has 4 rings (SSSR count). The van der Waals surface area contributed by atoms with Crippen molar-refractivity contribution in [2.24, 2.45) is 0 Å². The molecule has 3 aromatic rings. The SMILES string of the molecule is CCOc1ccc(NC(=O)CCCN2C(=O)c3cccc4cccc(c34)C2=O)cc1OCC. The van der Waals surface area contributed by atoms with Gasteiger partial charge in [0.2, 0.25) is 5.91 Å². The lowest BCUT2D eigenvalue weighted by atomic mass is 9.94. The molecule has 7 nitrogen and oxygen atoms in total. The summed E-state index contributed by atoms with van der Waals surface area (Å²) in [4.78, 5) is 39.6. The van der Waals surface area contributed by atoms with Crippen molar-refractivity contribution in [1.82, 2.24) is 4.90 Å². The molecule has 0 atom stereocenters. The Balaban J connectivity index is 1.39. The Labute approximate surface area is 192 Å². The molecule has 33 heavy (non-hydrogen) atoms. The normalized spacial score (nSPS) is 12.7. The smallest absolute Gasteiger partial charge is 0.261 e. The molecule has 0 bridgehead atoms. The molecule has 1 heterocycles. The first-order valence-corrected chi connectivity index (χ1v) is 11.1. The Hall–Kier alpha value is -3.87. The Bertz CT molecular complexity index is 1170. The maximum atomic E-state index is 12.9. The van der Waals surface area contributed by atoms with Gasteiger partial charge in [-0.1, -0.05) is 24.3 Å². The second-order valence-electron chi connectivity index (χ2n) is 7.65. The summed E-state index contributed by atoms with van der Waals surface area (Å²) in [7, 11) is 0. The maximum absolute atomic E-state index is 12.9. The van der Waals surface area contributed by atoms with E-state index in [1.54, 1.807) is 30.3 Å². The van der Waals surface area contributed by atoms with Gasteiger partial charge in [-0.2, -0.15) is 0 Å². The molecular formula is C26H26N2O5. The van der Waals surface area contributed by atoms with Crippen molar-refractivity contribution >= 4 is 34.2 Å². The fourth-order valence-corrected chi connectivity index (χ4v) is 4.03. The molecule has 0 fully saturated rings. The fourth-order valence-electron chi connectivity index (χ4n) is 4.03. The largest absolute Gasteiger partial charge is 0.490 e. The lowest BCUT2D eigenvalue weighted by Crippen LogP contribution is -2.41. The van der Waals surface area contributed by atoms with Crippen LogP contribution in [0.15, 0.2) is 54.6 Å². The van der Waals surface area contributed by atoms with Crippen molar-refractivity contribution in [3.63, 3.8) is 0 Å². The van der Waals surface area contributed by atoms with Crippen LogP contribution in [0.1, 0.15) is 47.4 Å². The monoisotopic (exact) mass is 446 g/mol. The van der Waals surface area contributed by atoms with Gasteiger partial charge in [-0.15, -0.1) is 0 Å². The number of ether oxygens (including phenoxy) is 2. The summed E-state index contributed by atoms with van der Waals surface area (Å²) in [5.41, 5.74) is 1.63. The number of nitrogens with zero attached hydrogens (tertiary/aromatic N) is 1. The minimum absolute atomic E-state index is 0.167. The highest BCUT2D eigenvalue weighted by Gasteiger charge is 2.32. The summed E-state index contributed by atoms with van der Waals surface area (Å²) in [6, 6.07) is 16.1. The molecule has 0 unspecified atom stereocenters. The first kappa shape index (κ1) is 22.3. The first-order chi connectivity index (χ1) is 16.0. The summed E-state index contributed by atoms with van der Waals surface area (Å²) < 4.78 is 11.1. The van der Waals surface area contributed by atoms with Crippen LogP contribution in [0.3, 0.4) is 0 Å². The van der Waals surface area contributed by atoms with Crippen LogP contribution in [0.4, 0.5) is 5.69 Å². The van der Waals surface area contributed by atoms with Crippen molar-refractivity contribution < 1.29 is 23.9 Å². The number of carbonyl (C=O) groups excluding carboxylic acids is 3. The molecule has 1 aliphatic rings. The van der Waals surface area contributed by atoms with E-state index in [1.807, 2.05) is 38.1 Å². The van der Waals surface area contributed by atoms with E-state index in [9.17, 15) is 14.4 Å². The van der Waals surface area contributed by atoms with Crippen molar-refractivity contribution in [2.75, 3.05) is 25.1 Å². The molecule has 3 aromatic carbocycles. The van der Waals surface area contributed by atoms with Gasteiger partial charge < -0.3 is 14.8 Å². The Morgan fingerprint density at radius 2 is 1.52 bits per heavy atom. The van der Waals surface area contributed by atoms with Gasteiger partial charge in [0.05, 0.1) is 13.2 Å². The van der Waals surface area contributed by atoms with E-state index in [-0.39, 0.29) is 30.7 Å². The van der Waals surface area contributed by atoms with E-state index in [1.165, 1.54) is 4.90 Å². The number of anilines is 1. The van der Waals surface area contributed by atoms with Crippen LogP contribution in [-0.4, -0.2) is 42.4 Å². The molecule has 0 saturated carbocycles. The number of amides is 3. The van der Waals surface area contributed by atoms with E-state index in [0.29, 0.717) is 53.3 Å². The van der Waals surface area contributed by atoms with E-state index in [4.69, 9.17) is 9.47 Å². The summed E-state index contributed by atoms with van der Waals surface area (Å²) >= 11 is 0. The predicted molar refractivity (Wildman–Crippen MR) is 126 cm³/mol. The van der Waals surface area contributed by atoms with Crippen LogP contribution in [0.25, 0.3) is 10.8 Å². The quantitative estimate of drug-likeness (QED) is 0.484. The van der Waals surface area contributed by atoms with Gasteiger partial charge in [0, 0.05) is 41.2 Å². The maximum Gasteiger partial charge on any atom is 0.261 e. The molecule has 7 heteroatoms. The van der Waals surface area contributed by atoms with Crippen molar-refractivity contribution in [2.45, 2.75) is 26.7 Å². The fraction of sp³-hybridized carbons (Fsp3) is 0.269. The highest BCUT2D eigenvalue weighted by molar-refractivity contribution is 6.25. The van der Waals surface area contributed by atoms with E-state index in [2.05, 4.69) is 5.32 Å². The van der Waals surface area contributed by atoms with Gasteiger partial charge in [0.1, 0.15) is 0 Å². The van der Waals surface area contributed by atoms with E-state index in [0.717, 1.165) is 5.39 Å². The molecule has 0 aromatic heterocycles. The summed E-state index contributed by atoms with van der Waals surface area (Å²) in [6.07, 6.45) is 0.525. The van der Waals surface area contributed by atoms with Crippen molar-refractivity contribution in [1.29, 1.82) is 0 Å². The lowest BCUT2D eigenvalue weighted by Gasteiger charge is -2.27. The molecule has 0 aliphatic carbocycles. The van der Waals surface area contributed by atoms with Crippen LogP contribution in [-0.2, 0) is 4.79 Å². The number of hydrogen-bond acceptors (Lipinski definition) is 5. The molecule has 0 radical (unpaired) electrons. The molecule has 3 amide bonds. The number of carbonyl (C=O) groups is 3. The average molecular weight is 447 g/mol. The van der Waals surface area contributed by atoms with Crippen molar-refractivity contribution in [3.8, 4) is 11.5 Å². The third-order valence-corrected chi connectivity index (χ3v) is 5.47. The number of imide groups is 1. The third-order valence-electron chi connectivity index (χ3n) is 5.47. The van der Waals surface area contributed by atoms with Crippen molar-refractivity contribution in [3.05, 3.63) is 65.7 Å². The number of benzene rings is 3. The summed E-state index contributed by atoms with van der Waals surface area (Å²) in [6.45, 7) is 4.93. The van der Waals surface area contributed by atoms with Crippen LogP contribution < -0.4 is 14.8 Å². The number of hydrogen-bond donors (Lipinski definition) is 1. The Morgan fingerprint density at radius 3 is 2.15 bits per heavy atom. The minimum Gasteiger partial charge on any atom is -0.490 e. The predicted octanol–water partition coefficient (Wildman–Crippen LogP) is 4.65. The van der Waals surface area contributed by atoms with Crippen LogP contribution in [0.2, 0.25) is 0 Å². The highest BCUT2D eigenvalue weighted by Crippen LogP contribution is 2.31. The molecule has 1 aliphatic heterocycles. The van der Waals surface area contributed by atoms with Gasteiger partial charge in [-0.05, 0) is 49.9 Å². The van der Waals surface area contributed by atoms with Gasteiger partial charge in [0.25, 0.3) is 11.8 Å². The van der Waals surface area contributed by atoms with E-state index >= 15 is 0 Å². The van der Waals surface area contributed by atoms with Gasteiger partial charge in [0.15, 0.2) is 11.5 Å². The lowest BCUT2D eigenvalue weighted by molar-refractivity contribution is -0.116. The molecule has 170 valence electrons. The zero-order chi connectivity index (χ0) is 23.4. The Kier molecular flexibility index (Phi) is 6.58. The molecule has 0 spiro atoms. The second kappa shape index (κ2) is 9.73. The minimum atomic E-state index is -0.322. The summed E-state index contributed by atoms with van der Waals surface area (Å²) in [5, 5.41) is 4.41. The van der Waals surface area contributed by atoms with Crippen LogP contribution in [0.5, 0.6) is 11.5 Å². The topological polar surface area (TPSA) is 84.9 Å². The summed E-state index contributed by atoms with van der Waals surface area (Å²) in [5.74, 6) is 0.334. The van der Waals surface area contributed by atoms with E-state index < -0.39 is 0 Å². The zero-order valence-electron chi connectivity index (χ0n) is 18.7. The second-order valence-corrected chi connectivity index (χ2v) is 7.65. The van der Waals surface area contributed by atoms with Gasteiger partial charge in [-0.25, -0.2) is 0 Å². The van der Waals surface area contributed by atoms with Crippen LogP contribution in [0, 0.1) is 0 Å². The molecule has 0 saturated heterocycles. The van der Waals surface area contributed by atoms with Gasteiger partial charge >= 0.3 is 0 Å². The standard InChI is InChI=1S/C26H26N2O5/c1-3-32-21-14-13-18(16-22(21)33-4-2)27-23(29)12-7-15-28-25(30)19-10-5-8-17-9-6-11-20(24(17)19)26(28)31/h5-6,8-11,13-14,16H,3-4,7,12,15H2,1-2H3,(H,27,29).